The number of hydrogen-bond donors (Lipinski definition) is 1. The molecule has 0 fully saturated rings. The molecule has 0 amide bonds. The molecule has 2 aromatic heterocycles. The number of sulfonamides is 1. The van der Waals surface area contributed by atoms with E-state index in [1.165, 1.54) is 31.2 Å². The van der Waals surface area contributed by atoms with E-state index in [0.29, 0.717) is 33.9 Å². The van der Waals surface area contributed by atoms with Gasteiger partial charge in [0.1, 0.15) is 29.6 Å². The fourth-order valence-corrected chi connectivity index (χ4v) is 4.59. The highest BCUT2D eigenvalue weighted by Gasteiger charge is 2.32. The molecule has 0 aliphatic heterocycles. The summed E-state index contributed by atoms with van der Waals surface area (Å²) in [5.41, 5.74) is 0.435. The number of anilines is 1. The molecule has 13 heteroatoms. The highest BCUT2D eigenvalue weighted by atomic mass is 35.5. The smallest absolute Gasteiger partial charge is 0.243 e. The summed E-state index contributed by atoms with van der Waals surface area (Å²) in [6.07, 6.45) is 2.78. The van der Waals surface area contributed by atoms with Crippen molar-refractivity contribution in [2.75, 3.05) is 18.9 Å². The molecule has 0 spiro atoms. The van der Waals surface area contributed by atoms with Gasteiger partial charge in [-0.3, -0.25) is 9.29 Å². The summed E-state index contributed by atoms with van der Waals surface area (Å²) in [5, 5.41) is 7.75. The Labute approximate surface area is 209 Å². The lowest BCUT2D eigenvalue weighted by Gasteiger charge is -2.21. The Morgan fingerprint density at radius 1 is 1.03 bits per heavy atom. The van der Waals surface area contributed by atoms with Gasteiger partial charge in [0.25, 0.3) is 0 Å². The monoisotopic (exact) mass is 524 g/mol. The molecule has 2 unspecified atom stereocenters. The average Bonchev–Trinajstić information content (AvgIpc) is 3.22. The van der Waals surface area contributed by atoms with Crippen LogP contribution in [-0.4, -0.2) is 58.7 Å². The molecule has 0 aliphatic carbocycles. The molecule has 35 heavy (non-hydrogen) atoms. The minimum absolute atomic E-state index is 0.0359. The van der Waals surface area contributed by atoms with E-state index in [2.05, 4.69) is 24.9 Å². The highest BCUT2D eigenvalue weighted by molar-refractivity contribution is 7.93. The van der Waals surface area contributed by atoms with Gasteiger partial charge in [-0.05, 0) is 32.9 Å². The van der Waals surface area contributed by atoms with Crippen molar-refractivity contribution in [3.63, 3.8) is 0 Å². The Hall–Kier alpha value is -2.96. The number of rotatable bonds is 11. The minimum atomic E-state index is -3.97. The predicted octanol–water partition coefficient (Wildman–Crippen LogP) is 3.59. The Bertz CT molecular complexity index is 1230. The van der Waals surface area contributed by atoms with Crippen LogP contribution < -0.4 is 14.2 Å². The summed E-state index contributed by atoms with van der Waals surface area (Å²) < 4.78 is 47.6. The number of halogens is 1. The van der Waals surface area contributed by atoms with E-state index in [4.69, 9.17) is 25.8 Å². The van der Waals surface area contributed by atoms with Crippen molar-refractivity contribution < 1.29 is 22.6 Å². The summed E-state index contributed by atoms with van der Waals surface area (Å²) in [7, 11) is -0.954. The number of aromatic nitrogens is 5. The van der Waals surface area contributed by atoms with Gasteiger partial charge in [0, 0.05) is 18.3 Å². The lowest BCUT2D eigenvalue weighted by Crippen LogP contribution is -2.31. The van der Waals surface area contributed by atoms with Crippen molar-refractivity contribution >= 4 is 27.6 Å². The van der Waals surface area contributed by atoms with E-state index in [1.807, 2.05) is 13.8 Å². The van der Waals surface area contributed by atoms with Crippen molar-refractivity contribution in [3.8, 4) is 17.2 Å². The maximum Gasteiger partial charge on any atom is 0.243 e. The van der Waals surface area contributed by atoms with Crippen molar-refractivity contribution in [1.29, 1.82) is 0 Å². The Kier molecular flexibility index (Phi) is 8.51. The molecular weight excluding hydrogens is 496 g/mol. The molecule has 190 valence electrons. The number of nitrogens with one attached hydrogen (secondary N) is 1. The third-order valence-electron chi connectivity index (χ3n) is 5.38. The fourth-order valence-electron chi connectivity index (χ4n) is 3.26. The molecule has 1 aromatic carbocycles. The summed E-state index contributed by atoms with van der Waals surface area (Å²) >= 11 is 5.86. The van der Waals surface area contributed by atoms with E-state index < -0.39 is 21.2 Å². The molecule has 2 heterocycles. The first-order valence-electron chi connectivity index (χ1n) is 10.8. The Morgan fingerprint density at radius 2 is 1.63 bits per heavy atom. The van der Waals surface area contributed by atoms with Crippen LogP contribution in [0.1, 0.15) is 45.3 Å². The Balaban J connectivity index is 2.04. The first-order chi connectivity index (χ1) is 16.6. The minimum Gasteiger partial charge on any atom is -0.494 e. The number of hydrogen-bond acceptors (Lipinski definition) is 9. The largest absolute Gasteiger partial charge is 0.494 e. The zero-order chi connectivity index (χ0) is 25.8. The van der Waals surface area contributed by atoms with Crippen molar-refractivity contribution in [2.45, 2.75) is 51.6 Å². The van der Waals surface area contributed by atoms with Gasteiger partial charge in [0.2, 0.25) is 16.0 Å². The van der Waals surface area contributed by atoms with Crippen LogP contribution in [0.3, 0.4) is 0 Å². The third-order valence-corrected chi connectivity index (χ3v) is 7.43. The lowest BCUT2D eigenvalue weighted by atomic mass is 10.1. The molecule has 0 aliphatic rings. The first-order valence-corrected chi connectivity index (χ1v) is 12.8. The van der Waals surface area contributed by atoms with E-state index in [-0.39, 0.29) is 18.7 Å². The number of para-hydroxylation sites is 1. The molecule has 0 saturated carbocycles. The molecule has 0 saturated heterocycles. The van der Waals surface area contributed by atoms with E-state index in [9.17, 15) is 8.42 Å². The number of nitrogens with zero attached hydrogens (tertiary/aromatic N) is 5. The van der Waals surface area contributed by atoms with Crippen molar-refractivity contribution in [2.24, 2.45) is 0 Å². The maximum atomic E-state index is 13.4. The molecule has 11 nitrogen and oxygen atoms in total. The quantitative estimate of drug-likeness (QED) is 0.399. The van der Waals surface area contributed by atoms with Gasteiger partial charge in [-0.15, -0.1) is 10.2 Å². The highest BCUT2D eigenvalue weighted by Crippen LogP contribution is 2.36. The zero-order valence-corrected chi connectivity index (χ0v) is 22.0. The summed E-state index contributed by atoms with van der Waals surface area (Å²) in [6, 6.07) is 5.22. The zero-order valence-electron chi connectivity index (χ0n) is 20.4. The van der Waals surface area contributed by atoms with Crippen LogP contribution in [0.2, 0.25) is 5.02 Å². The number of methoxy groups -OCH3 is 2. The molecule has 0 bridgehead atoms. The summed E-state index contributed by atoms with van der Waals surface area (Å²) in [4.78, 5) is 8.31. The lowest BCUT2D eigenvalue weighted by molar-refractivity contribution is 0.0604. The van der Waals surface area contributed by atoms with E-state index in [0.717, 1.165) is 0 Å². The van der Waals surface area contributed by atoms with Crippen LogP contribution in [0.15, 0.2) is 30.6 Å². The topological polar surface area (TPSA) is 130 Å². The molecule has 2 atom stereocenters. The van der Waals surface area contributed by atoms with Crippen molar-refractivity contribution in [1.82, 2.24) is 24.7 Å². The molecule has 1 N–H and O–H groups in total. The van der Waals surface area contributed by atoms with Gasteiger partial charge in [0.15, 0.2) is 5.82 Å². The normalized spacial score (nSPS) is 13.5. The Morgan fingerprint density at radius 3 is 2.17 bits per heavy atom. The van der Waals surface area contributed by atoms with Gasteiger partial charge in [-0.1, -0.05) is 24.6 Å². The second kappa shape index (κ2) is 11.2. The number of ether oxygens (including phenoxy) is 3. The van der Waals surface area contributed by atoms with Crippen LogP contribution in [-0.2, 0) is 21.4 Å². The summed E-state index contributed by atoms with van der Waals surface area (Å²) in [6.45, 7) is 7.14. The second-order valence-corrected chi connectivity index (χ2v) is 10.5. The first kappa shape index (κ1) is 26.6. The van der Waals surface area contributed by atoms with Crippen LogP contribution in [0.5, 0.6) is 11.5 Å². The fraction of sp³-hybridized carbons (Fsp3) is 0.455. The number of benzene rings is 1. The molecule has 0 radical (unpaired) electrons. The predicted molar refractivity (Wildman–Crippen MR) is 132 cm³/mol. The van der Waals surface area contributed by atoms with Gasteiger partial charge < -0.3 is 14.2 Å². The summed E-state index contributed by atoms with van der Waals surface area (Å²) in [5.74, 6) is 1.02. The second-order valence-electron chi connectivity index (χ2n) is 8.05. The average molecular weight is 525 g/mol. The molecule has 3 rings (SSSR count). The van der Waals surface area contributed by atoms with Crippen LogP contribution >= 0.6 is 11.6 Å². The van der Waals surface area contributed by atoms with Crippen molar-refractivity contribution in [3.05, 3.63) is 47.3 Å². The van der Waals surface area contributed by atoms with Crippen LogP contribution in [0.4, 0.5) is 5.95 Å². The van der Waals surface area contributed by atoms with Crippen LogP contribution in [0.25, 0.3) is 5.69 Å². The van der Waals surface area contributed by atoms with Gasteiger partial charge in [-0.2, -0.15) is 0 Å². The van der Waals surface area contributed by atoms with Crippen LogP contribution in [0, 0.1) is 0 Å². The standard InChI is InChI=1S/C22H29ClN6O5S/c1-13(2)34-12-19-26-27-22(29(19)20-17(32-5)8-7-9-18(20)33-6)28-35(30,31)15(4)14(3)21-24-10-16(23)11-25-21/h7-11,13-15H,12H2,1-6H3,(H,27,28). The maximum absolute atomic E-state index is 13.4. The van der Waals surface area contributed by atoms with Gasteiger partial charge in [-0.25, -0.2) is 18.4 Å². The van der Waals surface area contributed by atoms with Gasteiger partial charge >= 0.3 is 0 Å². The molecule has 3 aromatic rings. The van der Waals surface area contributed by atoms with Gasteiger partial charge in [0.05, 0.1) is 30.6 Å². The van der Waals surface area contributed by atoms with E-state index in [1.54, 1.807) is 32.0 Å². The third kappa shape index (κ3) is 6.00. The van der Waals surface area contributed by atoms with E-state index >= 15 is 0 Å². The molecular formula is C22H29ClN6O5S. The SMILES string of the molecule is COc1cccc(OC)c1-n1c(COC(C)C)nnc1NS(=O)(=O)C(C)C(C)c1ncc(Cl)cn1.